The Morgan fingerprint density at radius 3 is 2.36 bits per heavy atom. The lowest BCUT2D eigenvalue weighted by Gasteiger charge is -2.25. The largest absolute Gasteiger partial charge is 0.398 e. The summed E-state index contributed by atoms with van der Waals surface area (Å²) in [6.07, 6.45) is 0. The van der Waals surface area contributed by atoms with Crippen LogP contribution in [0, 0.1) is 12.3 Å². The maximum absolute atomic E-state index is 13.2. The molecule has 3 aromatic carbocycles. The molecule has 0 fully saturated rings. The molecular formula is C24H27N5O3S. The van der Waals surface area contributed by atoms with Gasteiger partial charge in [-0.25, -0.2) is 13.6 Å². The number of carbonyl (C=O) groups excluding carboxylic acids is 1. The number of nitrogens with one attached hydrogen (secondary N) is 2. The highest BCUT2D eigenvalue weighted by atomic mass is 32.2. The second kappa shape index (κ2) is 9.53. The lowest BCUT2D eigenvalue weighted by molar-refractivity contribution is -0.120. The monoisotopic (exact) mass is 465 g/mol. The minimum atomic E-state index is -3.91. The van der Waals surface area contributed by atoms with Crippen LogP contribution >= 0.6 is 0 Å². The Balaban J connectivity index is 1.92. The van der Waals surface area contributed by atoms with E-state index in [-0.39, 0.29) is 16.5 Å². The van der Waals surface area contributed by atoms with Gasteiger partial charge in [-0.05, 0) is 62.5 Å². The first-order valence-corrected chi connectivity index (χ1v) is 11.7. The molecule has 0 spiro atoms. The molecule has 3 rings (SSSR count). The number of sulfonamides is 1. The summed E-state index contributed by atoms with van der Waals surface area (Å²) >= 11 is 0. The van der Waals surface area contributed by atoms with Gasteiger partial charge in [0.05, 0.1) is 10.6 Å². The molecule has 6 N–H and O–H groups in total. The molecule has 0 aliphatic carbocycles. The quantitative estimate of drug-likeness (QED) is 0.313. The van der Waals surface area contributed by atoms with Gasteiger partial charge in [0, 0.05) is 22.5 Å². The molecule has 0 aromatic heterocycles. The first kappa shape index (κ1) is 24.1. The third kappa shape index (κ3) is 5.46. The summed E-state index contributed by atoms with van der Waals surface area (Å²) in [6.45, 7) is 1.96. The summed E-state index contributed by atoms with van der Waals surface area (Å²) in [5.74, 6) is -0.229. The average Bonchev–Trinajstić information content (AvgIpc) is 2.75. The van der Waals surface area contributed by atoms with E-state index >= 15 is 0 Å². The molecule has 9 heteroatoms. The van der Waals surface area contributed by atoms with Crippen LogP contribution < -0.4 is 16.2 Å². The fourth-order valence-corrected chi connectivity index (χ4v) is 4.15. The third-order valence-corrected chi connectivity index (χ3v) is 6.20. The molecule has 1 amide bonds. The number of carbonyl (C=O) groups is 1. The zero-order chi connectivity index (χ0) is 24.3. The van der Waals surface area contributed by atoms with Crippen LogP contribution in [-0.2, 0) is 14.8 Å². The lowest BCUT2D eigenvalue weighted by Crippen LogP contribution is -2.32. The van der Waals surface area contributed by atoms with Crippen molar-refractivity contribution in [1.82, 2.24) is 4.90 Å². The van der Waals surface area contributed by atoms with Gasteiger partial charge in [0.1, 0.15) is 6.04 Å². The number of anilines is 2. The number of nitrogen functional groups attached to an aromatic ring is 1. The van der Waals surface area contributed by atoms with E-state index in [2.05, 4.69) is 5.32 Å². The van der Waals surface area contributed by atoms with E-state index in [9.17, 15) is 13.2 Å². The Morgan fingerprint density at radius 2 is 1.73 bits per heavy atom. The summed E-state index contributed by atoms with van der Waals surface area (Å²) < 4.78 is 23.4. The summed E-state index contributed by atoms with van der Waals surface area (Å²) in [5.41, 5.74) is 9.49. The van der Waals surface area contributed by atoms with Crippen molar-refractivity contribution < 1.29 is 13.2 Å². The van der Waals surface area contributed by atoms with Gasteiger partial charge in [0.2, 0.25) is 15.9 Å². The van der Waals surface area contributed by atoms with Crippen molar-refractivity contribution in [1.29, 1.82) is 5.41 Å². The number of hydrogen-bond donors (Lipinski definition) is 4. The third-order valence-electron chi connectivity index (χ3n) is 5.29. The SMILES string of the molecule is Cc1ccccc1C(C(=O)Nc1ccc(N)c(C(=N)c2cccc(S(N)(=O)=O)c2)c1)N(C)C. The van der Waals surface area contributed by atoms with Crippen LogP contribution in [0.4, 0.5) is 11.4 Å². The molecule has 8 nitrogen and oxygen atoms in total. The topological polar surface area (TPSA) is 142 Å². The number of hydrogen-bond acceptors (Lipinski definition) is 6. The molecule has 0 bridgehead atoms. The molecule has 0 saturated heterocycles. The predicted molar refractivity (Wildman–Crippen MR) is 131 cm³/mol. The van der Waals surface area contributed by atoms with Crippen LogP contribution in [-0.4, -0.2) is 39.0 Å². The predicted octanol–water partition coefficient (Wildman–Crippen LogP) is 2.88. The fourth-order valence-electron chi connectivity index (χ4n) is 3.59. The van der Waals surface area contributed by atoms with Gasteiger partial charge < -0.3 is 11.1 Å². The second-order valence-electron chi connectivity index (χ2n) is 7.96. The Hall–Kier alpha value is -3.53. The number of nitrogens with zero attached hydrogens (tertiary/aromatic N) is 1. The Labute approximate surface area is 193 Å². The molecule has 0 radical (unpaired) electrons. The molecule has 33 heavy (non-hydrogen) atoms. The minimum absolute atomic E-state index is 0.0113. The number of amides is 1. The van der Waals surface area contributed by atoms with E-state index in [0.29, 0.717) is 22.5 Å². The summed E-state index contributed by atoms with van der Waals surface area (Å²) in [4.78, 5) is 14.9. The van der Waals surface area contributed by atoms with Gasteiger partial charge >= 0.3 is 0 Å². The van der Waals surface area contributed by atoms with Gasteiger partial charge in [-0.2, -0.15) is 0 Å². The van der Waals surface area contributed by atoms with E-state index in [1.807, 2.05) is 50.2 Å². The van der Waals surface area contributed by atoms with Crippen molar-refractivity contribution in [2.75, 3.05) is 25.1 Å². The number of likely N-dealkylation sites (N-methyl/N-ethyl adjacent to an activating group) is 1. The summed E-state index contributed by atoms with van der Waals surface area (Å²) in [5, 5.41) is 16.7. The van der Waals surface area contributed by atoms with Crippen LogP contribution in [0.15, 0.2) is 71.6 Å². The molecule has 0 aliphatic rings. The average molecular weight is 466 g/mol. The van der Waals surface area contributed by atoms with Crippen molar-refractivity contribution in [3.05, 3.63) is 89.0 Å². The lowest BCUT2D eigenvalue weighted by atomic mass is 9.98. The van der Waals surface area contributed by atoms with Crippen molar-refractivity contribution in [2.45, 2.75) is 17.9 Å². The van der Waals surface area contributed by atoms with E-state index in [1.165, 1.54) is 18.2 Å². The van der Waals surface area contributed by atoms with E-state index in [4.69, 9.17) is 16.3 Å². The molecule has 0 heterocycles. The smallest absolute Gasteiger partial charge is 0.246 e. The Morgan fingerprint density at radius 1 is 1.03 bits per heavy atom. The van der Waals surface area contributed by atoms with Crippen LogP contribution in [0.2, 0.25) is 0 Å². The summed E-state index contributed by atoms with van der Waals surface area (Å²) in [7, 11) is -0.247. The van der Waals surface area contributed by atoms with Gasteiger partial charge in [-0.15, -0.1) is 0 Å². The van der Waals surface area contributed by atoms with Crippen LogP contribution in [0.5, 0.6) is 0 Å². The number of rotatable bonds is 7. The highest BCUT2D eigenvalue weighted by molar-refractivity contribution is 7.89. The highest BCUT2D eigenvalue weighted by Gasteiger charge is 2.24. The Kier molecular flexibility index (Phi) is 6.97. The molecule has 1 unspecified atom stereocenters. The van der Waals surface area contributed by atoms with Crippen molar-refractivity contribution in [3.8, 4) is 0 Å². The highest BCUT2D eigenvalue weighted by Crippen LogP contribution is 2.26. The molecule has 3 aromatic rings. The zero-order valence-electron chi connectivity index (χ0n) is 18.7. The Bertz CT molecular complexity index is 1320. The van der Waals surface area contributed by atoms with Crippen molar-refractivity contribution >= 4 is 33.0 Å². The fraction of sp³-hybridized carbons (Fsp3) is 0.167. The molecule has 1 atom stereocenters. The van der Waals surface area contributed by atoms with Gasteiger partial charge in [0.25, 0.3) is 0 Å². The maximum Gasteiger partial charge on any atom is 0.246 e. The first-order valence-electron chi connectivity index (χ1n) is 10.1. The number of nitrogens with two attached hydrogens (primary N) is 2. The minimum Gasteiger partial charge on any atom is -0.398 e. The maximum atomic E-state index is 13.2. The van der Waals surface area contributed by atoms with Gasteiger partial charge in [-0.1, -0.05) is 36.4 Å². The van der Waals surface area contributed by atoms with Crippen LogP contribution in [0.1, 0.15) is 28.3 Å². The van der Waals surface area contributed by atoms with Crippen molar-refractivity contribution in [2.24, 2.45) is 5.14 Å². The van der Waals surface area contributed by atoms with E-state index in [1.54, 1.807) is 24.3 Å². The molecule has 172 valence electrons. The number of primary sulfonamides is 1. The first-order chi connectivity index (χ1) is 15.5. The summed E-state index contributed by atoms with van der Waals surface area (Å²) in [6, 6.07) is 17.8. The molecular weight excluding hydrogens is 438 g/mol. The van der Waals surface area contributed by atoms with E-state index in [0.717, 1.165) is 11.1 Å². The standard InChI is InChI=1S/C24H27N5O3S/c1-15-7-4-5-10-19(15)23(29(2)3)24(30)28-17-11-12-21(25)20(14-17)22(26)16-8-6-9-18(13-16)33(27,31)32/h4-14,23,26H,25H2,1-3H3,(H,28,30)(H2,27,31,32). The second-order valence-corrected chi connectivity index (χ2v) is 9.52. The zero-order valence-corrected chi connectivity index (χ0v) is 19.5. The number of benzene rings is 3. The molecule has 0 saturated carbocycles. The van der Waals surface area contributed by atoms with E-state index < -0.39 is 16.1 Å². The van der Waals surface area contributed by atoms with Crippen molar-refractivity contribution in [3.63, 3.8) is 0 Å². The van der Waals surface area contributed by atoms with Crippen LogP contribution in [0.25, 0.3) is 0 Å². The molecule has 0 aliphatic heterocycles. The van der Waals surface area contributed by atoms with Crippen LogP contribution in [0.3, 0.4) is 0 Å². The van der Waals surface area contributed by atoms with Gasteiger partial charge in [0.15, 0.2) is 0 Å². The van der Waals surface area contributed by atoms with Gasteiger partial charge in [-0.3, -0.25) is 15.1 Å². The number of aryl methyl sites for hydroxylation is 1. The normalized spacial score (nSPS) is 12.4.